The molecule has 5 heteroatoms. The molecule has 0 aliphatic carbocycles. The average Bonchev–Trinajstić information content (AvgIpc) is 2.77. The molecule has 3 nitrogen and oxygen atoms in total. The minimum Gasteiger partial charge on any atom is -0.268 e. The van der Waals surface area contributed by atoms with Crippen LogP contribution in [-0.2, 0) is 11.3 Å². The lowest BCUT2D eigenvalue weighted by molar-refractivity contribution is -0.123. The number of imide groups is 1. The fraction of sp³-hybridized carbons (Fsp3) is 0.111. The minimum absolute atomic E-state index is 0.242. The van der Waals surface area contributed by atoms with Crippen LogP contribution in [0.1, 0.15) is 16.7 Å². The molecule has 0 spiro atoms. The summed E-state index contributed by atoms with van der Waals surface area (Å²) in [7, 11) is 0. The molecular weight excluding hydrogens is 313 g/mol. The molecule has 1 aliphatic heterocycles. The Morgan fingerprint density at radius 1 is 1.13 bits per heavy atom. The summed E-state index contributed by atoms with van der Waals surface area (Å²) in [5.74, 6) is -0.720. The third-order valence-corrected chi connectivity index (χ3v) is 4.39. The van der Waals surface area contributed by atoms with E-state index in [-0.39, 0.29) is 23.5 Å². The quantitative estimate of drug-likeness (QED) is 0.786. The lowest BCUT2D eigenvalue weighted by atomic mass is 10.1. The van der Waals surface area contributed by atoms with Crippen molar-refractivity contribution in [1.29, 1.82) is 0 Å². The van der Waals surface area contributed by atoms with E-state index in [0.717, 1.165) is 22.9 Å². The van der Waals surface area contributed by atoms with Crippen molar-refractivity contribution >= 4 is 29.0 Å². The Balaban J connectivity index is 1.81. The van der Waals surface area contributed by atoms with Crippen LogP contribution < -0.4 is 0 Å². The largest absolute Gasteiger partial charge is 0.293 e. The van der Waals surface area contributed by atoms with Gasteiger partial charge in [0.2, 0.25) is 0 Å². The van der Waals surface area contributed by atoms with Gasteiger partial charge in [-0.1, -0.05) is 42.0 Å². The standard InChI is InChI=1S/C18H14FNO2S/c1-12-5-7-13(8-6-12)11-20-17(21)16(23-18(20)22)10-14-3-2-4-15(19)9-14/h2-10H,11H2,1H3/b16-10-. The molecule has 0 atom stereocenters. The van der Waals surface area contributed by atoms with E-state index in [4.69, 9.17) is 0 Å². The lowest BCUT2D eigenvalue weighted by Crippen LogP contribution is -2.27. The third-order valence-electron chi connectivity index (χ3n) is 3.48. The third kappa shape index (κ3) is 3.51. The minimum atomic E-state index is -0.377. The molecule has 3 rings (SSSR count). The Hall–Kier alpha value is -2.40. The Morgan fingerprint density at radius 3 is 2.57 bits per heavy atom. The van der Waals surface area contributed by atoms with Gasteiger partial charge in [0.1, 0.15) is 5.82 Å². The number of halogens is 1. The normalized spacial score (nSPS) is 16.4. The molecule has 1 saturated heterocycles. The first-order valence-corrected chi connectivity index (χ1v) is 7.91. The molecule has 2 aromatic carbocycles. The number of rotatable bonds is 3. The second-order valence-electron chi connectivity index (χ2n) is 5.31. The summed E-state index contributed by atoms with van der Waals surface area (Å²) in [5, 5.41) is -0.307. The van der Waals surface area contributed by atoms with E-state index < -0.39 is 0 Å². The fourth-order valence-electron chi connectivity index (χ4n) is 2.26. The molecule has 23 heavy (non-hydrogen) atoms. The molecule has 2 aromatic rings. The maximum Gasteiger partial charge on any atom is 0.293 e. The number of thioether (sulfide) groups is 1. The number of hydrogen-bond acceptors (Lipinski definition) is 3. The van der Waals surface area contributed by atoms with Crippen LogP contribution in [0.2, 0.25) is 0 Å². The maximum atomic E-state index is 13.2. The summed E-state index contributed by atoms with van der Waals surface area (Å²) >= 11 is 0.881. The molecule has 1 fully saturated rings. The zero-order chi connectivity index (χ0) is 16.4. The summed E-state index contributed by atoms with van der Waals surface area (Å²) in [6, 6.07) is 13.6. The van der Waals surface area contributed by atoms with Crippen molar-refractivity contribution in [2.45, 2.75) is 13.5 Å². The van der Waals surface area contributed by atoms with Crippen molar-refractivity contribution in [3.8, 4) is 0 Å². The SMILES string of the molecule is Cc1ccc(CN2C(=O)S/C(=C\c3cccc(F)c3)C2=O)cc1. The molecule has 0 N–H and O–H groups in total. The summed E-state index contributed by atoms with van der Waals surface area (Å²) in [4.78, 5) is 26.0. The second kappa shape index (κ2) is 6.38. The number of benzene rings is 2. The van der Waals surface area contributed by atoms with Crippen LogP contribution in [0.4, 0.5) is 9.18 Å². The highest BCUT2D eigenvalue weighted by Gasteiger charge is 2.34. The fourth-order valence-corrected chi connectivity index (χ4v) is 3.10. The van der Waals surface area contributed by atoms with Gasteiger partial charge in [-0.25, -0.2) is 4.39 Å². The van der Waals surface area contributed by atoms with Crippen LogP contribution >= 0.6 is 11.8 Å². The summed E-state index contributed by atoms with van der Waals surface area (Å²) in [5.41, 5.74) is 2.57. The van der Waals surface area contributed by atoms with Gasteiger partial charge in [-0.2, -0.15) is 0 Å². The predicted molar refractivity (Wildman–Crippen MR) is 89.1 cm³/mol. The van der Waals surface area contributed by atoms with Gasteiger partial charge < -0.3 is 0 Å². The highest BCUT2D eigenvalue weighted by atomic mass is 32.2. The van der Waals surface area contributed by atoms with E-state index >= 15 is 0 Å². The van der Waals surface area contributed by atoms with Crippen molar-refractivity contribution in [3.63, 3.8) is 0 Å². The molecule has 0 saturated carbocycles. The highest BCUT2D eigenvalue weighted by Crippen LogP contribution is 2.33. The molecule has 1 heterocycles. The van der Waals surface area contributed by atoms with Crippen LogP contribution in [0.25, 0.3) is 6.08 Å². The molecule has 0 bridgehead atoms. The first-order valence-electron chi connectivity index (χ1n) is 7.09. The number of hydrogen-bond donors (Lipinski definition) is 0. The average molecular weight is 327 g/mol. The van der Waals surface area contributed by atoms with Crippen molar-refractivity contribution in [2.24, 2.45) is 0 Å². The van der Waals surface area contributed by atoms with E-state index in [1.54, 1.807) is 18.2 Å². The van der Waals surface area contributed by atoms with Crippen molar-refractivity contribution < 1.29 is 14.0 Å². The molecule has 0 unspecified atom stereocenters. The van der Waals surface area contributed by atoms with Gasteiger partial charge in [-0.05, 0) is 48.0 Å². The molecule has 116 valence electrons. The Morgan fingerprint density at radius 2 is 1.87 bits per heavy atom. The van der Waals surface area contributed by atoms with Gasteiger partial charge in [0.15, 0.2) is 0 Å². The summed E-state index contributed by atoms with van der Waals surface area (Å²) in [6.07, 6.45) is 1.54. The molecule has 1 aliphatic rings. The predicted octanol–water partition coefficient (Wildman–Crippen LogP) is 4.37. The van der Waals surface area contributed by atoms with Gasteiger partial charge in [0, 0.05) is 0 Å². The van der Waals surface area contributed by atoms with E-state index in [1.165, 1.54) is 17.0 Å². The zero-order valence-electron chi connectivity index (χ0n) is 12.5. The number of amides is 2. The van der Waals surface area contributed by atoms with Crippen LogP contribution in [-0.4, -0.2) is 16.0 Å². The van der Waals surface area contributed by atoms with Gasteiger partial charge in [0.05, 0.1) is 11.4 Å². The number of aryl methyl sites for hydroxylation is 1. The van der Waals surface area contributed by atoms with Crippen LogP contribution in [0.5, 0.6) is 0 Å². The molecule has 0 radical (unpaired) electrons. The zero-order valence-corrected chi connectivity index (χ0v) is 13.3. The monoisotopic (exact) mass is 327 g/mol. The summed E-state index contributed by atoms with van der Waals surface area (Å²) in [6.45, 7) is 2.22. The molecular formula is C18H14FNO2S. The van der Waals surface area contributed by atoms with Crippen LogP contribution in [0.15, 0.2) is 53.4 Å². The Labute approximate surface area is 137 Å². The Kier molecular flexibility index (Phi) is 4.30. The van der Waals surface area contributed by atoms with Gasteiger partial charge >= 0.3 is 0 Å². The molecule has 0 aromatic heterocycles. The van der Waals surface area contributed by atoms with Crippen LogP contribution in [0.3, 0.4) is 0 Å². The van der Waals surface area contributed by atoms with Crippen molar-refractivity contribution in [3.05, 3.63) is 75.9 Å². The summed E-state index contributed by atoms with van der Waals surface area (Å²) < 4.78 is 13.2. The van der Waals surface area contributed by atoms with E-state index in [1.807, 2.05) is 31.2 Å². The van der Waals surface area contributed by atoms with Crippen molar-refractivity contribution in [1.82, 2.24) is 4.90 Å². The smallest absolute Gasteiger partial charge is 0.268 e. The number of nitrogens with zero attached hydrogens (tertiary/aromatic N) is 1. The highest BCUT2D eigenvalue weighted by molar-refractivity contribution is 8.18. The topological polar surface area (TPSA) is 37.4 Å². The first kappa shape index (κ1) is 15.5. The van der Waals surface area contributed by atoms with Gasteiger partial charge in [-0.3, -0.25) is 14.5 Å². The van der Waals surface area contributed by atoms with E-state index in [9.17, 15) is 14.0 Å². The van der Waals surface area contributed by atoms with E-state index in [2.05, 4.69) is 0 Å². The molecule has 2 amide bonds. The second-order valence-corrected chi connectivity index (χ2v) is 6.30. The van der Waals surface area contributed by atoms with Gasteiger partial charge in [0.25, 0.3) is 11.1 Å². The van der Waals surface area contributed by atoms with Gasteiger partial charge in [-0.15, -0.1) is 0 Å². The van der Waals surface area contributed by atoms with E-state index in [0.29, 0.717) is 10.5 Å². The maximum absolute atomic E-state index is 13.2. The number of carbonyl (C=O) groups excluding carboxylic acids is 2. The first-order chi connectivity index (χ1) is 11.0. The Bertz CT molecular complexity index is 799. The number of carbonyl (C=O) groups is 2. The van der Waals surface area contributed by atoms with Crippen LogP contribution in [0, 0.1) is 12.7 Å². The lowest BCUT2D eigenvalue weighted by Gasteiger charge is -2.12. The van der Waals surface area contributed by atoms with Crippen molar-refractivity contribution in [2.75, 3.05) is 0 Å².